The van der Waals surface area contributed by atoms with E-state index in [4.69, 9.17) is 5.73 Å². The molecule has 1 saturated heterocycles. The van der Waals surface area contributed by atoms with Gasteiger partial charge in [0.05, 0.1) is 17.1 Å². The maximum Gasteiger partial charge on any atom is 0.255 e. The van der Waals surface area contributed by atoms with Crippen molar-refractivity contribution in [1.29, 1.82) is 0 Å². The first kappa shape index (κ1) is 22.5. The Morgan fingerprint density at radius 2 is 1.94 bits per heavy atom. The van der Waals surface area contributed by atoms with Crippen LogP contribution in [0.4, 0.5) is 21.5 Å². The van der Waals surface area contributed by atoms with Gasteiger partial charge in [-0.15, -0.1) is 11.3 Å². The van der Waals surface area contributed by atoms with Gasteiger partial charge in [0, 0.05) is 23.4 Å². The molecule has 1 aromatic heterocycles. The van der Waals surface area contributed by atoms with Crippen LogP contribution in [0.25, 0.3) is 10.4 Å². The lowest BCUT2D eigenvalue weighted by molar-refractivity contribution is -0.134. The maximum atomic E-state index is 14.7. The second-order valence-corrected chi connectivity index (χ2v) is 8.73. The second kappa shape index (κ2) is 9.41. The number of hydrogen-bond acceptors (Lipinski definition) is 5. The van der Waals surface area contributed by atoms with Crippen molar-refractivity contribution in [2.75, 3.05) is 22.9 Å². The van der Waals surface area contributed by atoms with Crippen LogP contribution >= 0.6 is 11.3 Å². The van der Waals surface area contributed by atoms with Gasteiger partial charge < -0.3 is 21.3 Å². The number of anilines is 3. The van der Waals surface area contributed by atoms with Gasteiger partial charge in [-0.2, -0.15) is 0 Å². The van der Waals surface area contributed by atoms with E-state index in [0.29, 0.717) is 30.8 Å². The van der Waals surface area contributed by atoms with E-state index in [1.165, 1.54) is 17.0 Å². The Morgan fingerprint density at radius 3 is 2.61 bits per heavy atom. The largest absolute Gasteiger partial charge is 0.397 e. The number of nitrogen functional groups attached to an aromatic ring is 1. The van der Waals surface area contributed by atoms with E-state index in [2.05, 4.69) is 10.6 Å². The fourth-order valence-corrected chi connectivity index (χ4v) is 4.39. The molecule has 3 aromatic rings. The highest BCUT2D eigenvalue weighted by Crippen LogP contribution is 2.30. The molecule has 9 heteroatoms. The van der Waals surface area contributed by atoms with E-state index >= 15 is 0 Å². The van der Waals surface area contributed by atoms with E-state index in [-0.39, 0.29) is 17.2 Å². The van der Waals surface area contributed by atoms with Crippen LogP contribution in [0, 0.1) is 5.82 Å². The molecule has 7 nitrogen and oxygen atoms in total. The van der Waals surface area contributed by atoms with Gasteiger partial charge in [0.2, 0.25) is 11.8 Å². The number of nitrogens with two attached hydrogens (primary N) is 1. The summed E-state index contributed by atoms with van der Waals surface area (Å²) in [5.41, 5.74) is 7.74. The van der Waals surface area contributed by atoms with Crippen LogP contribution in [-0.2, 0) is 9.59 Å². The van der Waals surface area contributed by atoms with Crippen LogP contribution < -0.4 is 16.4 Å². The summed E-state index contributed by atoms with van der Waals surface area (Å²) in [5, 5.41) is 7.17. The van der Waals surface area contributed by atoms with Gasteiger partial charge in [-0.1, -0.05) is 12.1 Å². The Morgan fingerprint density at radius 1 is 1.12 bits per heavy atom. The number of carbonyl (C=O) groups excluding carboxylic acids is 3. The highest BCUT2D eigenvalue weighted by molar-refractivity contribution is 7.13. The zero-order valence-electron chi connectivity index (χ0n) is 17.9. The van der Waals surface area contributed by atoms with Crippen LogP contribution in [0.5, 0.6) is 0 Å². The fourth-order valence-electron chi connectivity index (χ4n) is 3.67. The van der Waals surface area contributed by atoms with Gasteiger partial charge in [0.15, 0.2) is 0 Å². The number of amides is 3. The molecule has 4 rings (SSSR count). The molecular weight excluding hydrogens is 443 g/mol. The third-order valence-electron chi connectivity index (χ3n) is 5.55. The molecule has 170 valence electrons. The zero-order chi connectivity index (χ0) is 23.5. The van der Waals surface area contributed by atoms with Crippen LogP contribution in [0.2, 0.25) is 0 Å². The first-order chi connectivity index (χ1) is 15.8. The first-order valence-electron chi connectivity index (χ1n) is 10.5. The van der Waals surface area contributed by atoms with Crippen molar-refractivity contribution >= 4 is 46.1 Å². The molecule has 2 aromatic carbocycles. The quantitative estimate of drug-likeness (QED) is 0.470. The van der Waals surface area contributed by atoms with Gasteiger partial charge in [-0.05, 0) is 60.7 Å². The third kappa shape index (κ3) is 4.88. The number of carbonyl (C=O) groups is 3. The molecule has 1 aliphatic rings. The minimum absolute atomic E-state index is 0.0609. The molecule has 2 heterocycles. The molecule has 1 atom stereocenters. The average Bonchev–Trinajstić information content (AvgIpc) is 3.48. The van der Waals surface area contributed by atoms with E-state index in [1.54, 1.807) is 30.4 Å². The topological polar surface area (TPSA) is 105 Å². The normalized spacial score (nSPS) is 14.2. The van der Waals surface area contributed by atoms with Gasteiger partial charge in [-0.25, -0.2) is 4.39 Å². The van der Waals surface area contributed by atoms with Crippen LogP contribution in [0.3, 0.4) is 0 Å². The summed E-state index contributed by atoms with van der Waals surface area (Å²) in [4.78, 5) is 39.5. The lowest BCUT2D eigenvalue weighted by atomic mass is 10.1. The predicted molar refractivity (Wildman–Crippen MR) is 128 cm³/mol. The Balaban J connectivity index is 1.46. The number of nitrogens with zero attached hydrogens (tertiary/aromatic N) is 1. The number of thiophene rings is 1. The minimum Gasteiger partial charge on any atom is -0.397 e. The van der Waals surface area contributed by atoms with Crippen molar-refractivity contribution in [3.8, 4) is 10.4 Å². The second-order valence-electron chi connectivity index (χ2n) is 7.78. The molecule has 0 saturated carbocycles. The van der Waals surface area contributed by atoms with Crippen molar-refractivity contribution < 1.29 is 18.8 Å². The van der Waals surface area contributed by atoms with Crippen LogP contribution in [0.1, 0.15) is 30.1 Å². The molecule has 33 heavy (non-hydrogen) atoms. The highest BCUT2D eigenvalue weighted by atomic mass is 32.1. The van der Waals surface area contributed by atoms with Gasteiger partial charge >= 0.3 is 0 Å². The van der Waals surface area contributed by atoms with Gasteiger partial charge in [0.25, 0.3) is 5.91 Å². The summed E-state index contributed by atoms with van der Waals surface area (Å²) in [7, 11) is 0. The summed E-state index contributed by atoms with van der Waals surface area (Å²) in [6.45, 7) is 2.11. The SMILES string of the molecule is CC(C(=O)Nc1ccc(C(=O)Nc2cc(-c3cccs3)ccc2N)cc1F)N1CCCC1=O. The molecule has 0 spiro atoms. The Bertz CT molecular complexity index is 1210. The summed E-state index contributed by atoms with van der Waals surface area (Å²) >= 11 is 1.56. The van der Waals surface area contributed by atoms with Crippen molar-refractivity contribution in [3.05, 3.63) is 65.3 Å². The summed E-state index contributed by atoms with van der Waals surface area (Å²) in [6, 6.07) is 12.3. The number of halogens is 1. The molecule has 1 aliphatic heterocycles. The number of nitrogens with one attached hydrogen (secondary N) is 2. The molecule has 0 bridgehead atoms. The molecular formula is C24H23FN4O3S. The summed E-state index contributed by atoms with van der Waals surface area (Å²) in [5.74, 6) is -1.86. The first-order valence-corrected chi connectivity index (χ1v) is 11.4. The lowest BCUT2D eigenvalue weighted by Crippen LogP contribution is -2.42. The zero-order valence-corrected chi connectivity index (χ0v) is 18.7. The molecule has 1 unspecified atom stereocenters. The highest BCUT2D eigenvalue weighted by Gasteiger charge is 2.29. The standard InChI is InChI=1S/C24H23FN4O3S/c1-14(29-10-2-5-22(29)30)23(31)27-19-9-7-16(12-17(19)25)24(32)28-20-13-15(6-8-18(20)26)21-4-3-11-33-21/h3-4,6-9,11-14H,2,5,10,26H2,1H3,(H,27,31)(H,28,32). The Hall–Kier alpha value is -3.72. The molecule has 1 fully saturated rings. The van der Waals surface area contributed by atoms with Crippen molar-refractivity contribution in [3.63, 3.8) is 0 Å². The molecule has 0 aliphatic carbocycles. The predicted octanol–water partition coefficient (Wildman–Crippen LogP) is 4.34. The molecule has 4 N–H and O–H groups in total. The summed E-state index contributed by atoms with van der Waals surface area (Å²) < 4.78 is 14.7. The monoisotopic (exact) mass is 466 g/mol. The van der Waals surface area contributed by atoms with Gasteiger partial charge in [0.1, 0.15) is 11.9 Å². The Kier molecular flexibility index (Phi) is 6.41. The smallest absolute Gasteiger partial charge is 0.255 e. The molecule has 0 radical (unpaired) electrons. The number of benzene rings is 2. The van der Waals surface area contributed by atoms with Crippen molar-refractivity contribution in [2.45, 2.75) is 25.8 Å². The van der Waals surface area contributed by atoms with Crippen LogP contribution in [0.15, 0.2) is 53.9 Å². The summed E-state index contributed by atoms with van der Waals surface area (Å²) in [6.07, 6.45) is 1.12. The minimum atomic E-state index is -0.753. The number of hydrogen-bond donors (Lipinski definition) is 3. The maximum absolute atomic E-state index is 14.7. The fraction of sp³-hybridized carbons (Fsp3) is 0.208. The van der Waals surface area contributed by atoms with Crippen molar-refractivity contribution in [1.82, 2.24) is 4.90 Å². The van der Waals surface area contributed by atoms with Crippen molar-refractivity contribution in [2.24, 2.45) is 0 Å². The van der Waals surface area contributed by atoms with Gasteiger partial charge in [-0.3, -0.25) is 14.4 Å². The number of likely N-dealkylation sites (tertiary alicyclic amines) is 1. The van der Waals surface area contributed by atoms with E-state index < -0.39 is 23.7 Å². The lowest BCUT2D eigenvalue weighted by Gasteiger charge is -2.23. The van der Waals surface area contributed by atoms with Crippen LogP contribution in [-0.4, -0.2) is 35.2 Å². The van der Waals surface area contributed by atoms with E-state index in [9.17, 15) is 18.8 Å². The third-order valence-corrected chi connectivity index (χ3v) is 6.47. The van der Waals surface area contributed by atoms with E-state index in [1.807, 2.05) is 23.6 Å². The van der Waals surface area contributed by atoms with E-state index in [0.717, 1.165) is 16.5 Å². The number of rotatable bonds is 6. The molecule has 3 amide bonds. The Labute approximate surface area is 194 Å². The average molecular weight is 467 g/mol.